The molecule has 12 heteroatoms. The van der Waals surface area contributed by atoms with Gasteiger partial charge in [0.15, 0.2) is 5.82 Å². The second-order valence-corrected chi connectivity index (χ2v) is 15.0. The van der Waals surface area contributed by atoms with Gasteiger partial charge in [-0.2, -0.15) is 18.7 Å². The number of aromatic hydroxyl groups is 1. The van der Waals surface area contributed by atoms with Crippen LogP contribution in [0.4, 0.5) is 23.4 Å². The SMILES string of the molecule is C#Cc1c(F)ccc2cc(O)cc(-c3c(Cl)c4c5c(nc(OC[C@@]67CCCN6CC(=C(F)F)C7)nc5c3F)N3C[C@H]5CC[C@H](N5)[C@H]3CC4C)c12. The fourth-order valence-corrected chi connectivity index (χ4v) is 10.1. The molecule has 4 aromatic rings. The predicted octanol–water partition coefficient (Wildman–Crippen LogP) is 7.65. The molecule has 0 aliphatic carbocycles. The third kappa shape index (κ3) is 4.64. The maximum absolute atomic E-state index is 17.5. The Morgan fingerprint density at radius 1 is 1.20 bits per heavy atom. The summed E-state index contributed by atoms with van der Waals surface area (Å²) in [7, 11) is 0. The highest BCUT2D eigenvalue weighted by atomic mass is 35.5. The van der Waals surface area contributed by atoms with Crippen molar-refractivity contribution < 1.29 is 27.4 Å². The standard InChI is InChI=1S/C38H34ClF4N5O2/c1-3-23-25(40)7-5-19-12-22(49)13-24(29(19)23)30-32(39)28-18(2)11-27-26-8-6-21(44-26)16-48(27)36-31(28)34(33(30)41)45-37(46-36)50-17-38-9-4-10-47(38)15-20(14-38)35(42)43/h1,5,7,12-13,18,21,26-27,44,49H,4,6,8-11,14-17H2,2H3/t18?,21-,26+,27-,38+/m1/s1. The van der Waals surface area contributed by atoms with Crippen LogP contribution in [-0.2, 0) is 0 Å². The number of rotatable bonds is 4. The van der Waals surface area contributed by atoms with Gasteiger partial charge in [0, 0.05) is 47.7 Å². The van der Waals surface area contributed by atoms with Crippen molar-refractivity contribution in [1.29, 1.82) is 0 Å². The smallest absolute Gasteiger partial charge is 0.319 e. The van der Waals surface area contributed by atoms with Gasteiger partial charge in [0.1, 0.15) is 29.5 Å². The van der Waals surface area contributed by atoms with E-state index in [-0.39, 0.29) is 93.6 Å². The largest absolute Gasteiger partial charge is 0.508 e. The molecule has 4 fully saturated rings. The molecule has 50 heavy (non-hydrogen) atoms. The molecule has 0 radical (unpaired) electrons. The molecule has 0 saturated carbocycles. The van der Waals surface area contributed by atoms with Gasteiger partial charge in [-0.15, -0.1) is 6.42 Å². The lowest BCUT2D eigenvalue weighted by Gasteiger charge is -2.41. The Kier molecular flexibility index (Phi) is 7.29. The predicted molar refractivity (Wildman–Crippen MR) is 184 cm³/mol. The number of hydrogen-bond acceptors (Lipinski definition) is 7. The Labute approximate surface area is 291 Å². The van der Waals surface area contributed by atoms with Gasteiger partial charge in [0.25, 0.3) is 6.08 Å². The Hall–Kier alpha value is -4.11. The zero-order valence-electron chi connectivity index (χ0n) is 27.3. The lowest BCUT2D eigenvalue weighted by Crippen LogP contribution is -2.58. The third-order valence-electron chi connectivity index (χ3n) is 11.8. The number of aromatic nitrogens is 2. The van der Waals surface area contributed by atoms with Crippen LogP contribution in [0.25, 0.3) is 32.8 Å². The Morgan fingerprint density at radius 3 is 2.84 bits per heavy atom. The summed E-state index contributed by atoms with van der Waals surface area (Å²) in [4.78, 5) is 13.9. The molecule has 5 aliphatic heterocycles. The lowest BCUT2D eigenvalue weighted by atomic mass is 9.86. The molecular formula is C38H34ClF4N5O2. The molecular weight excluding hydrogens is 670 g/mol. The summed E-state index contributed by atoms with van der Waals surface area (Å²) in [5, 5.41) is 15.8. The fraction of sp³-hybridized carbons (Fsp3) is 0.421. The summed E-state index contributed by atoms with van der Waals surface area (Å²) in [6, 6.07) is 5.91. The Bertz CT molecular complexity index is 2200. The third-order valence-corrected chi connectivity index (χ3v) is 12.2. The molecule has 7 nitrogen and oxygen atoms in total. The van der Waals surface area contributed by atoms with E-state index in [0.717, 1.165) is 19.3 Å². The molecule has 9 rings (SSSR count). The minimum Gasteiger partial charge on any atom is -0.508 e. The van der Waals surface area contributed by atoms with Crippen molar-refractivity contribution >= 4 is 39.1 Å². The van der Waals surface area contributed by atoms with E-state index < -0.39 is 23.3 Å². The zero-order valence-corrected chi connectivity index (χ0v) is 28.1. The van der Waals surface area contributed by atoms with Crippen LogP contribution >= 0.6 is 11.6 Å². The first-order chi connectivity index (χ1) is 24.1. The van der Waals surface area contributed by atoms with Gasteiger partial charge in [0.05, 0.1) is 21.5 Å². The second kappa shape index (κ2) is 11.5. The van der Waals surface area contributed by atoms with Gasteiger partial charge < -0.3 is 20.1 Å². The first-order valence-electron chi connectivity index (χ1n) is 17.1. The number of fused-ring (bicyclic) bond motifs is 7. The lowest BCUT2D eigenvalue weighted by molar-refractivity contribution is 0.108. The number of hydrogen-bond donors (Lipinski definition) is 2. The highest BCUT2D eigenvalue weighted by molar-refractivity contribution is 6.36. The number of halogens is 5. The molecule has 0 amide bonds. The van der Waals surface area contributed by atoms with E-state index in [4.69, 9.17) is 32.7 Å². The molecule has 3 aromatic carbocycles. The highest BCUT2D eigenvalue weighted by Gasteiger charge is 2.49. The number of nitrogens with zero attached hydrogens (tertiary/aromatic N) is 4. The van der Waals surface area contributed by atoms with Crippen LogP contribution in [-0.4, -0.2) is 69.9 Å². The van der Waals surface area contributed by atoms with Crippen LogP contribution in [0.1, 0.15) is 62.5 Å². The summed E-state index contributed by atoms with van der Waals surface area (Å²) in [5.41, 5.74) is 0.146. The van der Waals surface area contributed by atoms with E-state index in [9.17, 15) is 13.9 Å². The van der Waals surface area contributed by atoms with Crippen molar-refractivity contribution in [2.24, 2.45) is 0 Å². The van der Waals surface area contributed by atoms with Crippen LogP contribution in [0.15, 0.2) is 35.9 Å². The molecule has 6 heterocycles. The monoisotopic (exact) mass is 703 g/mol. The quantitative estimate of drug-likeness (QED) is 0.167. The second-order valence-electron chi connectivity index (χ2n) is 14.6. The van der Waals surface area contributed by atoms with Crippen LogP contribution in [0, 0.1) is 24.0 Å². The van der Waals surface area contributed by atoms with Crippen molar-refractivity contribution in [3.05, 3.63) is 63.7 Å². The van der Waals surface area contributed by atoms with E-state index in [0.29, 0.717) is 48.1 Å². The van der Waals surface area contributed by atoms with Gasteiger partial charge in [-0.05, 0) is 85.7 Å². The maximum Gasteiger partial charge on any atom is 0.319 e. The Balaban J connectivity index is 1.28. The molecule has 0 spiro atoms. The average Bonchev–Trinajstić information content (AvgIpc) is 3.75. The van der Waals surface area contributed by atoms with Gasteiger partial charge in [-0.25, -0.2) is 8.78 Å². The van der Waals surface area contributed by atoms with Gasteiger partial charge in [0.2, 0.25) is 0 Å². The van der Waals surface area contributed by atoms with E-state index in [1.807, 2.05) is 4.90 Å². The molecule has 1 unspecified atom stereocenters. The van der Waals surface area contributed by atoms with Crippen LogP contribution in [0.3, 0.4) is 0 Å². The number of benzene rings is 3. The van der Waals surface area contributed by atoms with Gasteiger partial charge >= 0.3 is 6.01 Å². The van der Waals surface area contributed by atoms with Crippen LogP contribution in [0.5, 0.6) is 11.8 Å². The van der Waals surface area contributed by atoms with E-state index in [1.165, 1.54) is 24.3 Å². The molecule has 2 N–H and O–H groups in total. The molecule has 5 atom stereocenters. The normalized spacial score (nSPS) is 27.1. The van der Waals surface area contributed by atoms with E-state index >= 15 is 8.78 Å². The Morgan fingerprint density at radius 2 is 2.04 bits per heavy atom. The molecule has 258 valence electrons. The highest BCUT2D eigenvalue weighted by Crippen LogP contribution is 2.52. The summed E-state index contributed by atoms with van der Waals surface area (Å²) >= 11 is 7.29. The number of nitrogens with one attached hydrogen (secondary N) is 1. The minimum absolute atomic E-state index is 0.0180. The molecule has 2 bridgehead atoms. The van der Waals surface area contributed by atoms with Crippen molar-refractivity contribution in [3.8, 4) is 35.2 Å². The molecule has 1 aromatic heterocycles. The van der Waals surface area contributed by atoms with E-state index in [1.54, 1.807) is 0 Å². The number of terminal acetylenes is 1. The summed E-state index contributed by atoms with van der Waals surface area (Å²) in [6.07, 6.45) is 8.57. The minimum atomic E-state index is -1.65. The zero-order chi connectivity index (χ0) is 34.6. The molecule has 5 aliphatic rings. The summed E-state index contributed by atoms with van der Waals surface area (Å²) < 4.78 is 66.4. The first-order valence-corrected chi connectivity index (χ1v) is 17.5. The number of piperazine rings is 1. The van der Waals surface area contributed by atoms with Gasteiger partial charge in [-0.3, -0.25) is 4.90 Å². The van der Waals surface area contributed by atoms with E-state index in [2.05, 4.69) is 23.1 Å². The summed E-state index contributed by atoms with van der Waals surface area (Å²) in [5.74, 6) is 1.16. The van der Waals surface area contributed by atoms with Crippen molar-refractivity contribution in [1.82, 2.24) is 20.2 Å². The van der Waals surface area contributed by atoms with Crippen molar-refractivity contribution in [2.45, 2.75) is 75.0 Å². The average molecular weight is 704 g/mol. The van der Waals surface area contributed by atoms with Gasteiger partial charge in [-0.1, -0.05) is 30.5 Å². The van der Waals surface area contributed by atoms with Crippen molar-refractivity contribution in [3.63, 3.8) is 0 Å². The number of ether oxygens (including phenoxy) is 1. The van der Waals surface area contributed by atoms with Crippen LogP contribution in [0.2, 0.25) is 5.02 Å². The fourth-order valence-electron chi connectivity index (χ4n) is 9.60. The number of anilines is 1. The maximum atomic E-state index is 17.5. The molecule has 4 saturated heterocycles. The van der Waals surface area contributed by atoms with Crippen LogP contribution < -0.4 is 15.0 Å². The number of phenols is 1. The topological polar surface area (TPSA) is 73.8 Å². The first kappa shape index (κ1) is 31.8. The number of phenolic OH excluding ortho intramolecular Hbond substituents is 1. The van der Waals surface area contributed by atoms with Crippen molar-refractivity contribution in [2.75, 3.05) is 31.1 Å². The summed E-state index contributed by atoms with van der Waals surface area (Å²) in [6.45, 7) is 3.65.